The second-order valence-electron chi connectivity index (χ2n) is 5.18. The first-order valence-electron chi connectivity index (χ1n) is 7.65. The molecule has 2 aromatic carbocycles. The van der Waals surface area contributed by atoms with Gasteiger partial charge in [-0.05, 0) is 35.9 Å². The van der Waals surface area contributed by atoms with Gasteiger partial charge < -0.3 is 9.15 Å². The SMILES string of the molecule is COc1ccc(/C=C(/C#N)c2nnc(NC(=O)c3ccccc3)o2)cc1. The Morgan fingerprint density at radius 1 is 1.15 bits per heavy atom. The molecule has 1 heterocycles. The summed E-state index contributed by atoms with van der Waals surface area (Å²) in [6.07, 6.45) is 1.61. The van der Waals surface area contributed by atoms with Crippen molar-refractivity contribution in [1.29, 1.82) is 5.26 Å². The second-order valence-corrected chi connectivity index (χ2v) is 5.18. The Bertz CT molecular complexity index is 970. The van der Waals surface area contributed by atoms with Gasteiger partial charge in [0.25, 0.3) is 11.8 Å². The van der Waals surface area contributed by atoms with E-state index in [4.69, 9.17) is 9.15 Å². The van der Waals surface area contributed by atoms with Crippen LogP contribution in [0, 0.1) is 11.3 Å². The molecule has 1 N–H and O–H groups in total. The monoisotopic (exact) mass is 346 g/mol. The van der Waals surface area contributed by atoms with E-state index < -0.39 is 0 Å². The molecule has 0 atom stereocenters. The number of allylic oxidation sites excluding steroid dienone is 1. The number of anilines is 1. The van der Waals surface area contributed by atoms with E-state index in [-0.39, 0.29) is 23.4 Å². The van der Waals surface area contributed by atoms with E-state index in [2.05, 4.69) is 15.5 Å². The largest absolute Gasteiger partial charge is 0.497 e. The van der Waals surface area contributed by atoms with Crippen molar-refractivity contribution >= 4 is 23.6 Å². The van der Waals surface area contributed by atoms with Crippen molar-refractivity contribution < 1.29 is 13.9 Å². The zero-order chi connectivity index (χ0) is 18.4. The number of amides is 1. The standard InChI is InChI=1S/C19H14N4O3/c1-25-16-9-7-13(8-10-16)11-15(12-20)18-22-23-19(26-18)21-17(24)14-5-3-2-4-6-14/h2-11H,1H3,(H,21,23,24)/b15-11-. The highest BCUT2D eigenvalue weighted by atomic mass is 16.5. The van der Waals surface area contributed by atoms with Gasteiger partial charge in [-0.3, -0.25) is 10.1 Å². The molecule has 0 saturated heterocycles. The summed E-state index contributed by atoms with van der Waals surface area (Å²) >= 11 is 0. The third kappa shape index (κ3) is 3.94. The molecule has 0 bridgehead atoms. The van der Waals surface area contributed by atoms with Crippen molar-refractivity contribution in [3.05, 3.63) is 71.6 Å². The molecule has 3 rings (SSSR count). The van der Waals surface area contributed by atoms with Crippen molar-refractivity contribution in [1.82, 2.24) is 10.2 Å². The molecule has 0 radical (unpaired) electrons. The quantitative estimate of drug-likeness (QED) is 0.711. The number of rotatable bonds is 5. The van der Waals surface area contributed by atoms with Crippen LogP contribution < -0.4 is 10.1 Å². The second kappa shape index (κ2) is 7.77. The fourth-order valence-electron chi connectivity index (χ4n) is 2.15. The fourth-order valence-corrected chi connectivity index (χ4v) is 2.15. The smallest absolute Gasteiger partial charge is 0.322 e. The highest BCUT2D eigenvalue weighted by Gasteiger charge is 2.14. The van der Waals surface area contributed by atoms with Crippen molar-refractivity contribution in [2.75, 3.05) is 12.4 Å². The molecule has 3 aromatic rings. The predicted molar refractivity (Wildman–Crippen MR) is 95.2 cm³/mol. The molecule has 0 aliphatic heterocycles. The van der Waals surface area contributed by atoms with Gasteiger partial charge in [0.2, 0.25) is 0 Å². The normalized spacial score (nSPS) is 10.8. The van der Waals surface area contributed by atoms with Gasteiger partial charge in [-0.2, -0.15) is 5.26 Å². The summed E-state index contributed by atoms with van der Waals surface area (Å²) < 4.78 is 10.5. The minimum absolute atomic E-state index is 0.0201. The van der Waals surface area contributed by atoms with E-state index in [1.165, 1.54) is 0 Å². The maximum Gasteiger partial charge on any atom is 0.322 e. The minimum atomic E-state index is -0.376. The van der Waals surface area contributed by atoms with E-state index in [1.54, 1.807) is 61.7 Å². The lowest BCUT2D eigenvalue weighted by Gasteiger charge is -2.00. The van der Waals surface area contributed by atoms with E-state index >= 15 is 0 Å². The average Bonchev–Trinajstić information content (AvgIpc) is 3.15. The number of hydrogen-bond acceptors (Lipinski definition) is 6. The number of nitrogens with zero attached hydrogens (tertiary/aromatic N) is 3. The Balaban J connectivity index is 1.77. The van der Waals surface area contributed by atoms with Gasteiger partial charge in [0.05, 0.1) is 7.11 Å². The van der Waals surface area contributed by atoms with E-state index in [9.17, 15) is 10.1 Å². The van der Waals surface area contributed by atoms with Gasteiger partial charge in [0.15, 0.2) is 0 Å². The van der Waals surface area contributed by atoms with Gasteiger partial charge in [0.1, 0.15) is 17.4 Å². The lowest BCUT2D eigenvalue weighted by Crippen LogP contribution is -2.11. The number of carbonyl (C=O) groups excluding carboxylic acids is 1. The average molecular weight is 346 g/mol. The lowest BCUT2D eigenvalue weighted by molar-refractivity contribution is 0.102. The molecule has 0 aliphatic rings. The first-order valence-corrected chi connectivity index (χ1v) is 7.65. The summed E-state index contributed by atoms with van der Waals surface area (Å²) in [5, 5.41) is 19.4. The molecule has 0 saturated carbocycles. The third-order valence-electron chi connectivity index (χ3n) is 3.46. The molecule has 128 valence electrons. The van der Waals surface area contributed by atoms with E-state index in [0.717, 1.165) is 5.56 Å². The van der Waals surface area contributed by atoms with Gasteiger partial charge in [-0.15, -0.1) is 5.10 Å². The zero-order valence-corrected chi connectivity index (χ0v) is 13.8. The Morgan fingerprint density at radius 3 is 2.54 bits per heavy atom. The molecule has 0 fully saturated rings. The zero-order valence-electron chi connectivity index (χ0n) is 13.8. The van der Waals surface area contributed by atoms with Crippen LogP contribution in [0.3, 0.4) is 0 Å². The molecular weight excluding hydrogens is 332 g/mol. The molecule has 26 heavy (non-hydrogen) atoms. The van der Waals surface area contributed by atoms with Gasteiger partial charge >= 0.3 is 6.01 Å². The van der Waals surface area contributed by atoms with Crippen LogP contribution in [0.4, 0.5) is 6.01 Å². The maximum absolute atomic E-state index is 12.1. The van der Waals surface area contributed by atoms with Crippen LogP contribution in [-0.2, 0) is 0 Å². The molecule has 0 unspecified atom stereocenters. The predicted octanol–water partition coefficient (Wildman–Crippen LogP) is 3.39. The number of hydrogen-bond donors (Lipinski definition) is 1. The van der Waals surface area contributed by atoms with Crippen LogP contribution in [0.25, 0.3) is 11.6 Å². The van der Waals surface area contributed by atoms with Gasteiger partial charge in [0, 0.05) is 5.56 Å². The van der Waals surface area contributed by atoms with Crippen LogP contribution in [0.1, 0.15) is 21.8 Å². The third-order valence-corrected chi connectivity index (χ3v) is 3.46. The highest BCUT2D eigenvalue weighted by Crippen LogP contribution is 2.20. The van der Waals surface area contributed by atoms with E-state index in [1.807, 2.05) is 12.1 Å². The first-order chi connectivity index (χ1) is 12.7. The molecule has 7 heteroatoms. The van der Waals surface area contributed by atoms with Crippen LogP contribution in [-0.4, -0.2) is 23.2 Å². The van der Waals surface area contributed by atoms with Crippen molar-refractivity contribution in [3.8, 4) is 11.8 Å². The number of ether oxygens (including phenoxy) is 1. The number of nitriles is 1. The van der Waals surface area contributed by atoms with Crippen LogP contribution in [0.2, 0.25) is 0 Å². The van der Waals surface area contributed by atoms with Crippen LogP contribution >= 0.6 is 0 Å². The summed E-state index contributed by atoms with van der Waals surface area (Å²) in [6.45, 7) is 0. The fraction of sp³-hybridized carbons (Fsp3) is 0.0526. The molecule has 0 aliphatic carbocycles. The molecular formula is C19H14N4O3. The highest BCUT2D eigenvalue weighted by molar-refractivity contribution is 6.03. The number of nitrogens with one attached hydrogen (secondary N) is 1. The number of aromatic nitrogens is 2. The minimum Gasteiger partial charge on any atom is -0.497 e. The number of methoxy groups -OCH3 is 1. The maximum atomic E-state index is 12.1. The van der Waals surface area contributed by atoms with E-state index in [0.29, 0.717) is 11.3 Å². The Labute approximate surface area is 149 Å². The first kappa shape index (κ1) is 16.9. The summed E-state index contributed by atoms with van der Waals surface area (Å²) in [5.41, 5.74) is 1.42. The van der Waals surface area contributed by atoms with Crippen LogP contribution in [0.5, 0.6) is 5.75 Å². The topological polar surface area (TPSA) is 101 Å². The Kier molecular flexibility index (Phi) is 5.05. The summed E-state index contributed by atoms with van der Waals surface area (Å²) in [4.78, 5) is 12.1. The van der Waals surface area contributed by atoms with Crippen molar-refractivity contribution in [3.63, 3.8) is 0 Å². The number of carbonyl (C=O) groups is 1. The molecule has 7 nitrogen and oxygen atoms in total. The van der Waals surface area contributed by atoms with Gasteiger partial charge in [-0.25, -0.2) is 0 Å². The number of benzene rings is 2. The lowest BCUT2D eigenvalue weighted by atomic mass is 10.1. The van der Waals surface area contributed by atoms with Crippen molar-refractivity contribution in [2.45, 2.75) is 0 Å². The molecule has 1 amide bonds. The summed E-state index contributed by atoms with van der Waals surface area (Å²) in [6, 6.07) is 17.7. The molecule has 1 aromatic heterocycles. The van der Waals surface area contributed by atoms with Crippen LogP contribution in [0.15, 0.2) is 59.0 Å². The van der Waals surface area contributed by atoms with Crippen molar-refractivity contribution in [2.24, 2.45) is 0 Å². The Hall–Kier alpha value is -3.92. The Morgan fingerprint density at radius 2 is 1.88 bits per heavy atom. The summed E-state index contributed by atoms with van der Waals surface area (Å²) in [7, 11) is 1.58. The summed E-state index contributed by atoms with van der Waals surface area (Å²) in [5.74, 6) is 0.356. The molecule has 0 spiro atoms. The van der Waals surface area contributed by atoms with Gasteiger partial charge in [-0.1, -0.05) is 35.4 Å².